The Kier molecular flexibility index (Phi) is 16.5. The molecule has 0 N–H and O–H groups in total. The van der Waals surface area contributed by atoms with E-state index in [4.69, 9.17) is 51.4 Å². The molecule has 0 bridgehead atoms. The van der Waals surface area contributed by atoms with Crippen LogP contribution < -0.4 is 9.80 Å². The summed E-state index contributed by atoms with van der Waals surface area (Å²) in [6.07, 6.45) is 50.5. The lowest BCUT2D eigenvalue weighted by atomic mass is 9.79. The first kappa shape index (κ1) is 66.0. The maximum atomic E-state index is 6.48. The zero-order valence-electron chi connectivity index (χ0n) is 59.1. The van der Waals surface area contributed by atoms with Crippen LogP contribution in [0.5, 0.6) is 0 Å². The van der Waals surface area contributed by atoms with Crippen LogP contribution in [-0.2, 0) is 10.8 Å². The van der Waals surface area contributed by atoms with Gasteiger partial charge in [0.1, 0.15) is 0 Å². The minimum atomic E-state index is -0.464. The lowest BCUT2D eigenvalue weighted by molar-refractivity contribution is 0.652. The van der Waals surface area contributed by atoms with Crippen molar-refractivity contribution in [3.05, 3.63) is 346 Å². The molecule has 16 rings (SSSR count). The average Bonchev–Trinajstić information content (AvgIpc) is 1.53. The van der Waals surface area contributed by atoms with Gasteiger partial charge in [-0.25, -0.2) is 0 Å². The third-order valence-corrected chi connectivity index (χ3v) is 21.5. The second-order valence-electron chi connectivity index (χ2n) is 27.8. The highest BCUT2D eigenvalue weighted by Gasteiger charge is 2.43. The third kappa shape index (κ3) is 10.7. The van der Waals surface area contributed by atoms with Crippen LogP contribution >= 0.6 is 0 Å². The summed E-state index contributed by atoms with van der Waals surface area (Å²) in [5, 5.41) is 2.23. The zero-order chi connectivity index (χ0) is 73.1. The van der Waals surface area contributed by atoms with E-state index in [1.165, 1.54) is 44.5 Å². The van der Waals surface area contributed by atoms with Gasteiger partial charge in [0.15, 0.2) is 0 Å². The Morgan fingerprint density at radius 2 is 0.604 bits per heavy atom. The first-order valence-electron chi connectivity index (χ1n) is 35.1. The molecule has 0 saturated heterocycles. The van der Waals surface area contributed by atoms with Crippen molar-refractivity contribution in [1.29, 1.82) is 0 Å². The van der Waals surface area contributed by atoms with Gasteiger partial charge in [-0.15, -0.1) is 51.4 Å². The van der Waals surface area contributed by atoms with Gasteiger partial charge >= 0.3 is 0 Å². The standard InChI is InChI=1S/C104H66N2/c1-13-67-36-32-48-84(80(67)17-5)88-55-52-71(61-93(88)86-50-34-38-69(15-3)82(86)19-7)73-58-74(72-53-56-89(85-49-33-37-68(14-2)81(85)18-6)94(62-72)87-51-35-39-70(16-4)83(87)20-8)60-79(59-73)106(77-44-28-23-29-45-77)101-66-100-102(92-47-31-30-46-91(92)101)96-65-98-95(64-99(96)104(100,11)12)90-57-54-78(63-97(90)103(98,9)10)105(75-40-24-21-25-41-75)76-42-26-22-27-43-76/h1-8,21-66H,9-12H3. The van der Waals surface area contributed by atoms with E-state index in [9.17, 15) is 0 Å². The molecule has 2 aliphatic rings. The molecule has 14 aromatic carbocycles. The SMILES string of the molecule is C#Cc1cccc(-c2ccc(-c3cc(-c4ccc(-c5cccc(C#C)c5C#C)c(-c5cccc(C#C)c5C#C)c4)cc(N(c4ccccc4)c4cc5c(c6ccccc46)-c4cc6c(cc4C5(C)C)-c4ccc(N(c5ccccc5)c5ccccc5)cc4C6(C)C)c3)cc2-c2cccc(C#C)c2C#C)c1C#C. The van der Waals surface area contributed by atoms with Gasteiger partial charge in [-0.3, -0.25) is 0 Å². The first-order valence-corrected chi connectivity index (χ1v) is 35.1. The smallest absolute Gasteiger partial charge is 0.0543 e. The molecule has 0 amide bonds. The molecule has 0 heterocycles. The predicted octanol–water partition coefficient (Wildman–Crippen LogP) is 24.2. The minimum Gasteiger partial charge on any atom is -0.310 e. The van der Waals surface area contributed by atoms with Crippen molar-refractivity contribution in [3.63, 3.8) is 0 Å². The van der Waals surface area contributed by atoms with Gasteiger partial charge in [-0.2, -0.15) is 0 Å². The van der Waals surface area contributed by atoms with Crippen LogP contribution in [0.25, 0.3) is 99.8 Å². The summed E-state index contributed by atoms with van der Waals surface area (Å²) in [7, 11) is 0. The van der Waals surface area contributed by atoms with Crippen LogP contribution in [0.2, 0.25) is 0 Å². The number of terminal acetylenes is 8. The normalized spacial score (nSPS) is 12.2. The number of benzene rings is 14. The molecule has 0 spiro atoms. The summed E-state index contributed by atoms with van der Waals surface area (Å²) in [5.74, 6) is 23.2. The van der Waals surface area contributed by atoms with Crippen LogP contribution in [0.1, 0.15) is 94.5 Å². The summed E-state index contributed by atoms with van der Waals surface area (Å²) >= 11 is 0. The number of hydrogen-bond acceptors (Lipinski definition) is 2. The fourth-order valence-corrected chi connectivity index (χ4v) is 16.4. The van der Waals surface area contributed by atoms with Gasteiger partial charge in [0.25, 0.3) is 0 Å². The van der Waals surface area contributed by atoms with Gasteiger partial charge in [0.2, 0.25) is 0 Å². The van der Waals surface area contributed by atoms with Gasteiger partial charge in [0, 0.05) is 89.2 Å². The molecule has 14 aromatic rings. The Bertz CT molecular complexity index is 6160. The lowest BCUT2D eigenvalue weighted by Gasteiger charge is -2.30. The largest absolute Gasteiger partial charge is 0.310 e. The molecule has 0 aromatic heterocycles. The van der Waals surface area contributed by atoms with E-state index in [2.05, 4.69) is 291 Å². The predicted molar refractivity (Wildman–Crippen MR) is 445 cm³/mol. The molecule has 0 fully saturated rings. The third-order valence-electron chi connectivity index (χ3n) is 21.5. The van der Waals surface area contributed by atoms with Crippen molar-refractivity contribution >= 4 is 44.9 Å². The van der Waals surface area contributed by atoms with E-state index in [1.54, 1.807) is 0 Å². The molecule has 0 atom stereocenters. The Morgan fingerprint density at radius 3 is 1.05 bits per heavy atom. The summed E-state index contributed by atoms with van der Waals surface area (Å²) in [6.45, 7) is 9.54. The van der Waals surface area contributed by atoms with Crippen molar-refractivity contribution in [1.82, 2.24) is 0 Å². The van der Waals surface area contributed by atoms with E-state index in [0.717, 1.165) is 112 Å². The molecular weight excluding hydrogens is 1280 g/mol. The molecule has 0 unspecified atom stereocenters. The van der Waals surface area contributed by atoms with Crippen LogP contribution in [0.3, 0.4) is 0 Å². The van der Waals surface area contributed by atoms with Crippen molar-refractivity contribution < 1.29 is 0 Å². The second-order valence-corrected chi connectivity index (χ2v) is 27.8. The van der Waals surface area contributed by atoms with Crippen LogP contribution in [-0.4, -0.2) is 0 Å². The van der Waals surface area contributed by atoms with Gasteiger partial charge in [0.05, 0.1) is 5.69 Å². The fraction of sp³-hybridized carbons (Fsp3) is 0.0577. The highest BCUT2D eigenvalue weighted by molar-refractivity contribution is 6.11. The summed E-state index contributed by atoms with van der Waals surface area (Å²) in [4.78, 5) is 4.77. The van der Waals surface area contributed by atoms with Gasteiger partial charge in [-0.05, 0) is 238 Å². The van der Waals surface area contributed by atoms with Crippen molar-refractivity contribution in [2.24, 2.45) is 0 Å². The molecule has 2 nitrogen and oxygen atoms in total. The van der Waals surface area contributed by atoms with Crippen molar-refractivity contribution in [3.8, 4) is 188 Å². The monoisotopic (exact) mass is 1340 g/mol. The van der Waals surface area contributed by atoms with E-state index in [0.29, 0.717) is 44.5 Å². The van der Waals surface area contributed by atoms with Gasteiger partial charge < -0.3 is 9.80 Å². The first-order chi connectivity index (χ1) is 51.7. The number of anilines is 6. The number of hydrogen-bond donors (Lipinski definition) is 0. The number of para-hydroxylation sites is 3. The molecular formula is C104H66N2. The number of rotatable bonds is 12. The Labute approximate surface area is 622 Å². The number of nitrogens with zero attached hydrogens (tertiary/aromatic N) is 2. The molecule has 492 valence electrons. The second kappa shape index (κ2) is 26.4. The zero-order valence-corrected chi connectivity index (χ0v) is 59.1. The van der Waals surface area contributed by atoms with Crippen LogP contribution in [0.4, 0.5) is 34.1 Å². The lowest BCUT2D eigenvalue weighted by Crippen LogP contribution is -2.18. The van der Waals surface area contributed by atoms with E-state index < -0.39 is 5.41 Å². The van der Waals surface area contributed by atoms with E-state index in [1.807, 2.05) is 72.8 Å². The van der Waals surface area contributed by atoms with Crippen LogP contribution in [0, 0.1) is 98.8 Å². The molecule has 2 heteroatoms. The molecule has 0 radical (unpaired) electrons. The maximum absolute atomic E-state index is 6.48. The molecule has 0 saturated carbocycles. The minimum absolute atomic E-state index is 0.341. The summed E-state index contributed by atoms with van der Waals surface area (Å²) < 4.78 is 0. The average molecular weight is 1340 g/mol. The highest BCUT2D eigenvalue weighted by Crippen LogP contribution is 2.60. The van der Waals surface area contributed by atoms with E-state index >= 15 is 0 Å². The quantitative estimate of drug-likeness (QED) is 0.113. The fourth-order valence-electron chi connectivity index (χ4n) is 16.4. The molecule has 2 aliphatic carbocycles. The highest BCUT2D eigenvalue weighted by atomic mass is 15.1. The maximum Gasteiger partial charge on any atom is 0.0543 e. The van der Waals surface area contributed by atoms with Crippen LogP contribution in [0.15, 0.2) is 279 Å². The topological polar surface area (TPSA) is 6.48 Å². The Morgan fingerprint density at radius 1 is 0.226 bits per heavy atom. The Hall–Kier alpha value is -14.6. The molecule has 0 aliphatic heterocycles. The van der Waals surface area contributed by atoms with Crippen molar-refractivity contribution in [2.75, 3.05) is 9.80 Å². The number of fused-ring (bicyclic) bond motifs is 8. The molecule has 106 heavy (non-hydrogen) atoms. The summed E-state index contributed by atoms with van der Waals surface area (Å²) in [5.41, 5.74) is 30.1. The van der Waals surface area contributed by atoms with Crippen molar-refractivity contribution in [2.45, 2.75) is 38.5 Å². The Balaban J connectivity index is 0.936. The van der Waals surface area contributed by atoms with Gasteiger partial charge in [-0.1, -0.05) is 233 Å². The van der Waals surface area contributed by atoms with E-state index in [-0.39, 0.29) is 5.41 Å². The summed E-state index contributed by atoms with van der Waals surface area (Å²) in [6, 6.07) is 98.2.